The van der Waals surface area contributed by atoms with Gasteiger partial charge in [-0.3, -0.25) is 9.78 Å². The van der Waals surface area contributed by atoms with Gasteiger partial charge in [-0.2, -0.15) is 0 Å². The monoisotopic (exact) mass is 231 g/mol. The first-order valence-electron chi connectivity index (χ1n) is 2.97. The average Bonchev–Trinajstić information content (AvgIpc) is 1.85. The van der Waals surface area contributed by atoms with Crippen molar-refractivity contribution in [2.24, 2.45) is 0 Å². The van der Waals surface area contributed by atoms with Crippen molar-refractivity contribution in [2.75, 3.05) is 0 Å². The fourth-order valence-electron chi connectivity index (χ4n) is 0.614. The molecule has 0 atom stereocenters. The Hall–Kier alpha value is -0.350. The van der Waals surface area contributed by atoms with E-state index >= 15 is 0 Å². The topological polar surface area (TPSA) is 30.0 Å². The Kier molecular flexibility index (Phi) is 3.08. The number of hydrogen-bond donors (Lipinski definition) is 0. The highest BCUT2D eigenvalue weighted by Gasteiger charge is 1.98. The summed E-state index contributed by atoms with van der Waals surface area (Å²) in [6, 6.07) is 1.86. The largest absolute Gasteiger partial charge is 0.287 e. The maximum Gasteiger partial charge on any atom is 0.190 e. The van der Waals surface area contributed by atoms with Gasteiger partial charge in [-0.15, -0.1) is 0 Å². The van der Waals surface area contributed by atoms with Crippen molar-refractivity contribution in [3.63, 3.8) is 0 Å². The van der Waals surface area contributed by atoms with E-state index in [2.05, 4.69) is 20.9 Å². The molecule has 0 amide bonds. The second kappa shape index (κ2) is 3.88. The van der Waals surface area contributed by atoms with Crippen LogP contribution in [0, 0.1) is 0 Å². The quantitative estimate of drug-likeness (QED) is 0.696. The molecule has 1 aromatic heterocycles. The lowest BCUT2D eigenvalue weighted by molar-refractivity contribution is -0.109. The van der Waals surface area contributed by atoms with Crippen LogP contribution in [0.5, 0.6) is 0 Å². The molecule has 0 saturated carbocycles. The number of carbonyl (C=O) groups excluding carboxylic acids is 1. The van der Waals surface area contributed by atoms with Crippen LogP contribution in [0.1, 0.15) is 6.92 Å². The number of nitrogens with zero attached hydrogens (tertiary/aromatic N) is 1. The Labute approximate surface area is 77.5 Å². The second-order valence-electron chi connectivity index (χ2n) is 1.93. The summed E-state index contributed by atoms with van der Waals surface area (Å²) in [6.45, 7) is 1.53. The summed E-state index contributed by atoms with van der Waals surface area (Å²) < 4.78 is 0.892. The highest BCUT2D eigenvalue weighted by Crippen LogP contribution is 2.20. The average molecular weight is 232 g/mol. The molecule has 0 fully saturated rings. The molecule has 58 valence electrons. The molecule has 0 N–H and O–H groups in total. The Morgan fingerprint density at radius 2 is 2.36 bits per heavy atom. The fourth-order valence-corrected chi connectivity index (χ4v) is 1.76. The van der Waals surface area contributed by atoms with Crippen molar-refractivity contribution in [2.45, 2.75) is 11.8 Å². The molecule has 0 aliphatic carbocycles. The van der Waals surface area contributed by atoms with E-state index in [4.69, 9.17) is 0 Å². The van der Waals surface area contributed by atoms with E-state index in [1.807, 2.05) is 6.07 Å². The third-order valence-corrected chi connectivity index (χ3v) is 2.12. The first-order valence-corrected chi connectivity index (χ1v) is 4.58. The zero-order valence-corrected chi connectivity index (χ0v) is 8.28. The first kappa shape index (κ1) is 8.74. The molecule has 0 bridgehead atoms. The second-order valence-corrected chi connectivity index (χ2v) is 4.10. The molecule has 0 saturated heterocycles. The van der Waals surface area contributed by atoms with Crippen LogP contribution in [-0.2, 0) is 4.79 Å². The minimum atomic E-state index is 0.0740. The SMILES string of the molecule is CC(=O)Sc1cncc(Br)c1. The van der Waals surface area contributed by atoms with Gasteiger partial charge in [0.1, 0.15) is 0 Å². The number of pyridine rings is 1. The molecule has 1 aromatic rings. The van der Waals surface area contributed by atoms with E-state index in [1.165, 1.54) is 18.7 Å². The van der Waals surface area contributed by atoms with Crippen molar-refractivity contribution in [1.29, 1.82) is 0 Å². The van der Waals surface area contributed by atoms with Crippen LogP contribution in [0.15, 0.2) is 27.8 Å². The summed E-state index contributed by atoms with van der Waals surface area (Å²) >= 11 is 4.45. The van der Waals surface area contributed by atoms with Gasteiger partial charge in [0.05, 0.1) is 0 Å². The molecule has 0 aliphatic heterocycles. The first-order chi connectivity index (χ1) is 5.18. The maximum absolute atomic E-state index is 10.6. The normalized spacial score (nSPS) is 9.64. The number of halogens is 1. The van der Waals surface area contributed by atoms with Crippen LogP contribution in [-0.4, -0.2) is 10.1 Å². The van der Waals surface area contributed by atoms with E-state index in [9.17, 15) is 4.79 Å². The van der Waals surface area contributed by atoms with Crippen LogP contribution in [0.25, 0.3) is 0 Å². The van der Waals surface area contributed by atoms with Crippen molar-refractivity contribution in [3.8, 4) is 0 Å². The van der Waals surface area contributed by atoms with E-state index in [0.717, 1.165) is 9.37 Å². The van der Waals surface area contributed by atoms with E-state index in [0.29, 0.717) is 0 Å². The minimum Gasteiger partial charge on any atom is -0.287 e. The number of aromatic nitrogens is 1. The minimum absolute atomic E-state index is 0.0740. The molecule has 11 heavy (non-hydrogen) atoms. The van der Waals surface area contributed by atoms with E-state index in [1.54, 1.807) is 12.4 Å². The molecule has 0 radical (unpaired) electrons. The molecular formula is C7H6BrNOS. The van der Waals surface area contributed by atoms with Crippen molar-refractivity contribution in [1.82, 2.24) is 4.98 Å². The molecule has 1 rings (SSSR count). The van der Waals surface area contributed by atoms with Crippen LogP contribution in [0.4, 0.5) is 0 Å². The lowest BCUT2D eigenvalue weighted by Gasteiger charge is -1.95. The lowest BCUT2D eigenvalue weighted by atomic mass is 10.5. The third-order valence-electron chi connectivity index (χ3n) is 0.941. The van der Waals surface area contributed by atoms with Gasteiger partial charge in [0.15, 0.2) is 5.12 Å². The zero-order chi connectivity index (χ0) is 8.27. The van der Waals surface area contributed by atoms with Crippen LogP contribution in [0.3, 0.4) is 0 Å². The molecule has 2 nitrogen and oxygen atoms in total. The highest BCUT2D eigenvalue weighted by molar-refractivity contribution is 9.10. The Morgan fingerprint density at radius 1 is 1.64 bits per heavy atom. The Morgan fingerprint density at radius 3 is 2.91 bits per heavy atom. The van der Waals surface area contributed by atoms with Gasteiger partial charge < -0.3 is 0 Å². The van der Waals surface area contributed by atoms with Crippen LogP contribution < -0.4 is 0 Å². The Balaban J connectivity index is 2.79. The van der Waals surface area contributed by atoms with Crippen molar-refractivity contribution >= 4 is 32.8 Å². The molecular weight excluding hydrogens is 226 g/mol. The van der Waals surface area contributed by atoms with E-state index < -0.39 is 0 Å². The summed E-state index contributed by atoms with van der Waals surface area (Å²) in [7, 11) is 0. The van der Waals surface area contributed by atoms with Gasteiger partial charge in [0.2, 0.25) is 0 Å². The highest BCUT2D eigenvalue weighted by atomic mass is 79.9. The number of hydrogen-bond acceptors (Lipinski definition) is 3. The molecule has 0 aliphatic rings. The van der Waals surface area contributed by atoms with Gasteiger partial charge in [0.25, 0.3) is 0 Å². The standard InChI is InChI=1S/C7H6BrNOS/c1-5(10)11-7-2-6(8)3-9-4-7/h2-4H,1H3. The Bertz CT molecular complexity index is 277. The van der Waals surface area contributed by atoms with Gasteiger partial charge >= 0.3 is 0 Å². The number of carbonyl (C=O) groups is 1. The zero-order valence-electron chi connectivity index (χ0n) is 5.87. The molecule has 0 aromatic carbocycles. The third kappa shape index (κ3) is 3.03. The molecule has 4 heteroatoms. The summed E-state index contributed by atoms with van der Waals surface area (Å²) in [5.41, 5.74) is 0. The van der Waals surface area contributed by atoms with Gasteiger partial charge in [0, 0.05) is 28.7 Å². The fraction of sp³-hybridized carbons (Fsp3) is 0.143. The number of thioether (sulfide) groups is 1. The number of rotatable bonds is 1. The van der Waals surface area contributed by atoms with E-state index in [-0.39, 0.29) is 5.12 Å². The van der Waals surface area contributed by atoms with Crippen molar-refractivity contribution in [3.05, 3.63) is 22.9 Å². The molecule has 1 heterocycles. The van der Waals surface area contributed by atoms with Gasteiger partial charge in [-0.25, -0.2) is 0 Å². The van der Waals surface area contributed by atoms with Crippen LogP contribution in [0.2, 0.25) is 0 Å². The molecule has 0 spiro atoms. The summed E-state index contributed by atoms with van der Waals surface area (Å²) in [5.74, 6) is 0. The maximum atomic E-state index is 10.6. The smallest absolute Gasteiger partial charge is 0.190 e. The lowest BCUT2D eigenvalue weighted by Crippen LogP contribution is -1.82. The predicted molar refractivity (Wildman–Crippen MR) is 48.5 cm³/mol. The predicted octanol–water partition coefficient (Wildman–Crippen LogP) is 2.48. The van der Waals surface area contributed by atoms with Gasteiger partial charge in [-0.1, -0.05) is 11.8 Å². The summed E-state index contributed by atoms with van der Waals surface area (Å²) in [5, 5.41) is 0.0740. The summed E-state index contributed by atoms with van der Waals surface area (Å²) in [6.07, 6.45) is 3.35. The molecule has 0 unspecified atom stereocenters. The van der Waals surface area contributed by atoms with Crippen molar-refractivity contribution < 1.29 is 4.79 Å². The van der Waals surface area contributed by atoms with Gasteiger partial charge in [-0.05, 0) is 22.0 Å². The summed E-state index contributed by atoms with van der Waals surface area (Å²) in [4.78, 5) is 15.4. The van der Waals surface area contributed by atoms with Crippen LogP contribution >= 0.6 is 27.7 Å².